The minimum Gasteiger partial charge on any atom is -0.462 e. The topological polar surface area (TPSA) is 29.5 Å². The average Bonchev–Trinajstić information content (AvgIpc) is 2.18. The van der Waals surface area contributed by atoms with Crippen molar-refractivity contribution in [3.8, 4) is 0 Å². The minimum absolute atomic E-state index is 0.305. The van der Waals surface area contributed by atoms with Gasteiger partial charge in [0.2, 0.25) is 0 Å². The second kappa shape index (κ2) is 5.45. The van der Waals surface area contributed by atoms with Crippen LogP contribution in [0, 0.1) is 0 Å². The number of halogens is 1. The van der Waals surface area contributed by atoms with Gasteiger partial charge in [0, 0.05) is 0 Å². The van der Waals surface area contributed by atoms with Gasteiger partial charge >= 0.3 is 5.97 Å². The number of thiol groups is 1. The third kappa shape index (κ3) is 3.06. The lowest BCUT2D eigenvalue weighted by Gasteiger charge is -2.09. The van der Waals surface area contributed by atoms with E-state index in [1.807, 2.05) is 28.9 Å². The van der Waals surface area contributed by atoms with Crippen molar-refractivity contribution >= 4 is 47.3 Å². The summed E-state index contributed by atoms with van der Waals surface area (Å²) >= 11 is 6.14. The monoisotopic (exact) mass is 323 g/mol. The third-order valence-corrected chi connectivity index (χ3v) is 2.36. The zero-order valence-electron chi connectivity index (χ0n) is 7.61. The summed E-state index contributed by atoms with van der Waals surface area (Å²) in [6.45, 7) is 2.17. The number of anilines is 1. The van der Waals surface area contributed by atoms with Crippen LogP contribution in [0.4, 0.5) is 5.69 Å². The number of benzene rings is 1. The van der Waals surface area contributed by atoms with Gasteiger partial charge in [0.05, 0.1) is 40.7 Å². The summed E-state index contributed by atoms with van der Waals surface area (Å²) in [5.41, 5.74) is 1.39. The van der Waals surface area contributed by atoms with Crippen LogP contribution in [0.15, 0.2) is 24.3 Å². The first kappa shape index (κ1) is 11.6. The molecule has 0 spiro atoms. The molecule has 76 valence electrons. The second-order valence-electron chi connectivity index (χ2n) is 2.53. The summed E-state index contributed by atoms with van der Waals surface area (Å²) in [5.74, 6) is -0.305. The van der Waals surface area contributed by atoms with E-state index >= 15 is 0 Å². The van der Waals surface area contributed by atoms with Gasteiger partial charge in [0.15, 0.2) is 0 Å². The summed E-state index contributed by atoms with van der Waals surface area (Å²) < 4.78 is 6.49. The highest BCUT2D eigenvalue weighted by molar-refractivity contribution is 14.1. The Bertz CT molecular complexity index is 330. The van der Waals surface area contributed by atoms with Crippen molar-refractivity contribution in [1.29, 1.82) is 0 Å². The van der Waals surface area contributed by atoms with E-state index in [0.717, 1.165) is 5.69 Å². The van der Waals surface area contributed by atoms with Crippen LogP contribution in [0.2, 0.25) is 0 Å². The molecule has 0 heterocycles. The van der Waals surface area contributed by atoms with Gasteiger partial charge in [-0.05, 0) is 25.1 Å². The van der Waals surface area contributed by atoms with Gasteiger partial charge < -0.3 is 4.74 Å². The molecule has 0 atom stereocenters. The molecule has 0 aliphatic rings. The molecular weight excluding hydrogens is 313 g/mol. The first-order chi connectivity index (χ1) is 6.65. The van der Waals surface area contributed by atoms with Crippen LogP contribution in [-0.4, -0.2) is 12.6 Å². The number of carbonyl (C=O) groups excluding carboxylic acids is 1. The smallest absolute Gasteiger partial charge is 0.338 e. The molecule has 0 aromatic heterocycles. The van der Waals surface area contributed by atoms with E-state index in [-0.39, 0.29) is 5.97 Å². The van der Waals surface area contributed by atoms with E-state index < -0.39 is 0 Å². The summed E-state index contributed by atoms with van der Waals surface area (Å²) in [4.78, 5) is 11.4. The van der Waals surface area contributed by atoms with Crippen molar-refractivity contribution in [2.75, 3.05) is 9.13 Å². The Morgan fingerprint density at radius 1 is 1.64 bits per heavy atom. The van der Waals surface area contributed by atoms with E-state index in [4.69, 9.17) is 4.74 Å². The zero-order valence-corrected chi connectivity index (χ0v) is 10.7. The Balaban J connectivity index is 2.88. The predicted octanol–water partition coefficient (Wildman–Crippen LogP) is 2.86. The maximum Gasteiger partial charge on any atom is 0.338 e. The maximum absolute atomic E-state index is 11.4. The van der Waals surface area contributed by atoms with Gasteiger partial charge in [-0.3, -0.25) is 2.52 Å². The largest absolute Gasteiger partial charge is 0.462 e. The molecule has 0 amide bonds. The van der Waals surface area contributed by atoms with Gasteiger partial charge in [0.1, 0.15) is 0 Å². The summed E-state index contributed by atoms with van der Waals surface area (Å²) in [7, 11) is 0. The zero-order chi connectivity index (χ0) is 10.6. The third-order valence-electron chi connectivity index (χ3n) is 1.57. The maximum atomic E-state index is 11.4. The Morgan fingerprint density at radius 2 is 2.36 bits per heavy atom. The van der Waals surface area contributed by atoms with Gasteiger partial charge in [-0.1, -0.05) is 18.9 Å². The van der Waals surface area contributed by atoms with Gasteiger partial charge in [0.25, 0.3) is 0 Å². The van der Waals surface area contributed by atoms with Crippen LogP contribution in [0.1, 0.15) is 17.3 Å². The van der Waals surface area contributed by atoms with Crippen LogP contribution in [0.3, 0.4) is 0 Å². The standard InChI is InChI=1S/C9H10INO2S/c1-2-13-9(12)7-4-3-5-8(6-7)11(10)14/h3-6,14H,2H2,1H3. The van der Waals surface area contributed by atoms with E-state index in [9.17, 15) is 4.79 Å². The lowest BCUT2D eigenvalue weighted by atomic mass is 10.2. The quantitative estimate of drug-likeness (QED) is 0.401. The summed E-state index contributed by atoms with van der Waals surface area (Å²) in [6, 6.07) is 7.11. The molecule has 1 rings (SSSR count). The molecule has 0 saturated carbocycles. The fourth-order valence-corrected chi connectivity index (χ4v) is 1.39. The molecule has 0 saturated heterocycles. The molecule has 0 unspecified atom stereocenters. The first-order valence-corrected chi connectivity index (χ1v) is 5.43. The SMILES string of the molecule is CCOC(=O)c1cccc(N(S)I)c1. The average molecular weight is 323 g/mol. The molecule has 5 heteroatoms. The van der Waals surface area contributed by atoms with Gasteiger partial charge in [-0.15, -0.1) is 0 Å². The second-order valence-corrected chi connectivity index (χ2v) is 4.66. The lowest BCUT2D eigenvalue weighted by molar-refractivity contribution is 0.0526. The van der Waals surface area contributed by atoms with Crippen molar-refractivity contribution in [2.45, 2.75) is 6.92 Å². The van der Waals surface area contributed by atoms with Crippen LogP contribution in [0.5, 0.6) is 0 Å². The van der Waals surface area contributed by atoms with Crippen molar-refractivity contribution in [1.82, 2.24) is 0 Å². The number of hydrogen-bond donors (Lipinski definition) is 1. The van der Waals surface area contributed by atoms with Crippen LogP contribution >= 0.6 is 35.7 Å². The molecule has 0 bridgehead atoms. The van der Waals surface area contributed by atoms with Crippen LogP contribution in [0.25, 0.3) is 0 Å². The van der Waals surface area contributed by atoms with E-state index in [1.165, 1.54) is 0 Å². The molecular formula is C9H10INO2S. The number of ether oxygens (including phenoxy) is 1. The Morgan fingerprint density at radius 3 is 2.93 bits per heavy atom. The number of nitrogens with zero attached hydrogens (tertiary/aromatic N) is 1. The number of hydrogen-bond acceptors (Lipinski definition) is 4. The fourth-order valence-electron chi connectivity index (χ4n) is 0.962. The normalized spacial score (nSPS) is 9.64. The van der Waals surface area contributed by atoms with Crippen LogP contribution < -0.4 is 2.52 Å². The van der Waals surface area contributed by atoms with E-state index in [0.29, 0.717) is 12.2 Å². The Kier molecular flexibility index (Phi) is 4.53. The fraction of sp³-hybridized carbons (Fsp3) is 0.222. The molecule has 1 aromatic carbocycles. The first-order valence-electron chi connectivity index (χ1n) is 4.07. The molecule has 0 fully saturated rings. The minimum atomic E-state index is -0.305. The molecule has 3 nitrogen and oxygen atoms in total. The molecule has 0 N–H and O–H groups in total. The Labute approximate surface area is 102 Å². The number of rotatable bonds is 3. The number of esters is 1. The molecule has 14 heavy (non-hydrogen) atoms. The lowest BCUT2D eigenvalue weighted by Crippen LogP contribution is -2.05. The van der Waals surface area contributed by atoms with Crippen molar-refractivity contribution < 1.29 is 9.53 Å². The molecule has 1 aromatic rings. The van der Waals surface area contributed by atoms with Gasteiger partial charge in [-0.25, -0.2) is 4.79 Å². The molecule has 0 aliphatic carbocycles. The van der Waals surface area contributed by atoms with E-state index in [2.05, 4.69) is 12.8 Å². The Hall–Kier alpha value is -0.430. The van der Waals surface area contributed by atoms with E-state index in [1.54, 1.807) is 27.6 Å². The van der Waals surface area contributed by atoms with Crippen molar-refractivity contribution in [3.63, 3.8) is 0 Å². The van der Waals surface area contributed by atoms with Crippen molar-refractivity contribution in [2.24, 2.45) is 0 Å². The van der Waals surface area contributed by atoms with Gasteiger partial charge in [-0.2, -0.15) is 0 Å². The molecule has 0 radical (unpaired) electrons. The highest BCUT2D eigenvalue weighted by Gasteiger charge is 2.07. The number of carbonyl (C=O) groups is 1. The highest BCUT2D eigenvalue weighted by Crippen LogP contribution is 2.21. The summed E-state index contributed by atoms with van der Waals surface area (Å²) in [6.07, 6.45) is 0. The van der Waals surface area contributed by atoms with Crippen molar-refractivity contribution in [3.05, 3.63) is 29.8 Å². The predicted molar refractivity (Wildman–Crippen MR) is 67.9 cm³/mol. The highest BCUT2D eigenvalue weighted by atomic mass is 127. The van der Waals surface area contributed by atoms with Crippen LogP contribution in [-0.2, 0) is 4.74 Å². The molecule has 0 aliphatic heterocycles. The summed E-state index contributed by atoms with van der Waals surface area (Å²) in [5, 5.41) is 0.